The zero-order valence-corrected chi connectivity index (χ0v) is 18.8. The van der Waals surface area contributed by atoms with E-state index in [0.29, 0.717) is 0 Å². The van der Waals surface area contributed by atoms with Gasteiger partial charge in [-0.3, -0.25) is 0 Å². The summed E-state index contributed by atoms with van der Waals surface area (Å²) >= 11 is 1.36. The SMILES string of the molecule is CC(C)(C)[NH-].Cl.Cl.[CH2-]CO.[CH3-].[Si]=[Zr].c1ccc2[cH-]ccc2c1. The van der Waals surface area contributed by atoms with Crippen molar-refractivity contribution in [1.29, 1.82) is 0 Å². The molecular weight excluding hydrogens is 412 g/mol. The zero-order valence-electron chi connectivity index (χ0n) is 13.7. The average molecular weight is 440 g/mol. The van der Waals surface area contributed by atoms with Gasteiger partial charge < -0.3 is 25.2 Å². The first-order valence-corrected chi connectivity index (χ1v) is 10.1. The van der Waals surface area contributed by atoms with E-state index in [0.717, 1.165) is 0 Å². The normalized spacial score (nSPS) is 7.86. The van der Waals surface area contributed by atoms with Crippen LogP contribution in [0.1, 0.15) is 20.8 Å². The molecule has 22 heavy (non-hydrogen) atoms. The first-order valence-electron chi connectivity index (χ1n) is 5.89. The molecule has 0 heterocycles. The third kappa shape index (κ3) is 25.4. The third-order valence-electron chi connectivity index (χ3n) is 1.55. The maximum Gasteiger partial charge on any atom is -0.0809 e. The molecule has 2 aromatic carbocycles. The summed E-state index contributed by atoms with van der Waals surface area (Å²) in [5.74, 6) is 0. The van der Waals surface area contributed by atoms with Crippen molar-refractivity contribution < 1.29 is 28.4 Å². The summed E-state index contributed by atoms with van der Waals surface area (Å²) in [7, 11) is 0. The Morgan fingerprint density at radius 2 is 1.55 bits per heavy atom. The van der Waals surface area contributed by atoms with Gasteiger partial charge in [-0.2, -0.15) is 17.5 Å². The molecule has 0 fully saturated rings. The number of hydrogen-bond acceptors (Lipinski definition) is 1. The van der Waals surface area contributed by atoms with E-state index < -0.39 is 0 Å². The number of nitrogens with one attached hydrogen (secondary N) is 1. The van der Waals surface area contributed by atoms with Gasteiger partial charge in [-0.05, 0) is 0 Å². The van der Waals surface area contributed by atoms with Crippen molar-refractivity contribution >= 4 is 42.5 Å². The van der Waals surface area contributed by atoms with Gasteiger partial charge in [0.1, 0.15) is 0 Å². The minimum absolute atomic E-state index is 0. The van der Waals surface area contributed by atoms with E-state index in [9.17, 15) is 0 Å². The summed E-state index contributed by atoms with van der Waals surface area (Å²) in [5, 5.41) is 10.1. The van der Waals surface area contributed by atoms with Crippen molar-refractivity contribution in [1.82, 2.24) is 0 Å². The van der Waals surface area contributed by atoms with E-state index in [1.54, 1.807) is 0 Å². The Balaban J connectivity index is -0.0000000657. The van der Waals surface area contributed by atoms with Crippen LogP contribution in [0.15, 0.2) is 42.5 Å². The molecule has 0 spiro atoms. The summed E-state index contributed by atoms with van der Waals surface area (Å²) in [6, 6.07) is 14.7. The summed E-state index contributed by atoms with van der Waals surface area (Å²) in [6.45, 7) is 11.7. The summed E-state index contributed by atoms with van der Waals surface area (Å²) in [4.78, 5) is 0. The van der Waals surface area contributed by atoms with Crippen molar-refractivity contribution in [3.05, 3.63) is 62.5 Å². The van der Waals surface area contributed by atoms with Crippen LogP contribution in [0.3, 0.4) is 0 Å². The summed E-state index contributed by atoms with van der Waals surface area (Å²) < 4.78 is 0. The van der Waals surface area contributed by atoms with Gasteiger partial charge in [-0.1, -0.05) is 33.4 Å². The van der Waals surface area contributed by atoms with Gasteiger partial charge in [0.2, 0.25) is 0 Å². The van der Waals surface area contributed by atoms with Gasteiger partial charge in [0, 0.05) is 0 Å². The Morgan fingerprint density at radius 3 is 1.91 bits per heavy atom. The van der Waals surface area contributed by atoms with Crippen LogP contribution in [0, 0.1) is 14.4 Å². The minimum atomic E-state index is -0.250. The van der Waals surface area contributed by atoms with Crippen LogP contribution in [0.4, 0.5) is 0 Å². The number of rotatable bonds is 0. The first kappa shape index (κ1) is 33.9. The molecule has 0 aromatic heterocycles. The molecule has 0 saturated heterocycles. The molecule has 0 aliphatic carbocycles. The van der Waals surface area contributed by atoms with Crippen molar-refractivity contribution in [2.75, 3.05) is 6.61 Å². The molecule has 0 bridgehead atoms. The molecule has 0 aliphatic heterocycles. The molecule has 2 rings (SSSR count). The molecule has 2 aromatic rings. The van der Waals surface area contributed by atoms with E-state index in [2.05, 4.69) is 56.3 Å². The number of aliphatic hydroxyl groups is 1. The Hall–Kier alpha value is 0.430. The third-order valence-corrected chi connectivity index (χ3v) is 1.55. The minimum Gasteiger partial charge on any atom is -0.168 e. The Kier molecular flexibility index (Phi) is 33.0. The zero-order chi connectivity index (χ0) is 15.3. The Bertz CT molecular complexity index is 397. The quantitative estimate of drug-likeness (QED) is 0.449. The predicted molar refractivity (Wildman–Crippen MR) is 103 cm³/mol. The number of hydrogen-bond donors (Lipinski definition) is 1. The van der Waals surface area contributed by atoms with Crippen LogP contribution < -0.4 is 0 Å². The maximum atomic E-state index is 7.46. The van der Waals surface area contributed by atoms with E-state index in [4.69, 9.17) is 10.8 Å². The van der Waals surface area contributed by atoms with E-state index in [-0.39, 0.29) is 44.4 Å². The van der Waals surface area contributed by atoms with Crippen LogP contribution >= 0.6 is 24.8 Å². The smallest absolute Gasteiger partial charge is 0.0809 e. The fourth-order valence-electron chi connectivity index (χ4n) is 1.07. The summed E-state index contributed by atoms with van der Waals surface area (Å²) in [6.07, 6.45) is 0. The molecule has 0 unspecified atom stereocenters. The molecular formula is C16H27Cl2NOSiZr-4. The fourth-order valence-corrected chi connectivity index (χ4v) is 1.07. The van der Waals surface area contributed by atoms with E-state index in [1.807, 2.05) is 20.8 Å². The van der Waals surface area contributed by atoms with Gasteiger partial charge in [0.05, 0.1) is 0 Å². The second-order valence-corrected chi connectivity index (χ2v) is 4.63. The molecule has 2 nitrogen and oxygen atoms in total. The van der Waals surface area contributed by atoms with E-state index >= 15 is 0 Å². The van der Waals surface area contributed by atoms with Crippen molar-refractivity contribution in [3.8, 4) is 0 Å². The molecule has 0 amide bonds. The van der Waals surface area contributed by atoms with Crippen molar-refractivity contribution in [2.24, 2.45) is 0 Å². The van der Waals surface area contributed by atoms with Crippen LogP contribution in [0.5, 0.6) is 0 Å². The van der Waals surface area contributed by atoms with Gasteiger partial charge in [0.15, 0.2) is 0 Å². The second kappa shape index (κ2) is 21.4. The van der Waals surface area contributed by atoms with Gasteiger partial charge in [-0.25, -0.2) is 0 Å². The largest absolute Gasteiger partial charge is 0.168 e. The number of fused-ring (bicyclic) bond motifs is 1. The maximum absolute atomic E-state index is 7.46. The average Bonchev–Trinajstić information content (AvgIpc) is 2.78. The molecule has 0 saturated carbocycles. The molecule has 2 radical (unpaired) electrons. The number of halogens is 2. The van der Waals surface area contributed by atoms with Gasteiger partial charge >= 0.3 is 30.2 Å². The standard InChI is InChI=1S/C9H7.C4H10N.C2H5O.CH3.2ClH.Si.Zr/c1-2-5-9-7-3-6-8(9)4-1;1-4(2,3)5;1-2-3;;;;;/h1-7H;5H,1-3H3;3H,1-2H2;1H3;2*1H;;/q4*-1;;;;. The van der Waals surface area contributed by atoms with Crippen LogP contribution in [0.25, 0.3) is 16.5 Å². The van der Waals surface area contributed by atoms with Crippen LogP contribution in [-0.4, -0.2) is 24.1 Å². The number of benzene rings is 1. The second-order valence-electron chi connectivity index (χ2n) is 4.63. The van der Waals surface area contributed by atoms with Crippen LogP contribution in [-0.2, 0) is 23.3 Å². The monoisotopic (exact) mass is 437 g/mol. The fraction of sp³-hybridized carbons (Fsp3) is 0.312. The molecule has 6 heteroatoms. The van der Waals surface area contributed by atoms with Gasteiger partial charge in [0.25, 0.3) is 0 Å². The Labute approximate surface area is 165 Å². The topological polar surface area (TPSA) is 44.0 Å². The predicted octanol–water partition coefficient (Wildman–Crippen LogP) is 5.12. The van der Waals surface area contributed by atoms with Gasteiger partial charge in [-0.15, -0.1) is 60.0 Å². The number of aliphatic hydroxyl groups excluding tert-OH is 1. The van der Waals surface area contributed by atoms with Crippen LogP contribution in [0.2, 0.25) is 0 Å². The molecule has 0 atom stereocenters. The summed E-state index contributed by atoms with van der Waals surface area (Å²) in [5.41, 5.74) is 6.69. The Morgan fingerprint density at radius 1 is 1.18 bits per heavy atom. The molecule has 0 aliphatic rings. The van der Waals surface area contributed by atoms with E-state index in [1.165, 1.54) is 34.1 Å². The molecule has 2 N–H and O–H groups in total. The first-order chi connectivity index (χ1) is 8.88. The molecule has 128 valence electrons. The van der Waals surface area contributed by atoms with Crippen molar-refractivity contribution in [2.45, 2.75) is 26.3 Å². The van der Waals surface area contributed by atoms with Crippen molar-refractivity contribution in [3.63, 3.8) is 0 Å².